The Morgan fingerprint density at radius 3 is 2.67 bits per heavy atom. The fourth-order valence-electron chi connectivity index (χ4n) is 1.68. The second kappa shape index (κ2) is 5.23. The Kier molecular flexibility index (Phi) is 3.67. The monoisotopic (exact) mass is 264 g/mol. The Bertz CT molecular complexity index is 561. The maximum Gasteiger partial charge on any atom is 0.261 e. The first-order valence-corrected chi connectivity index (χ1v) is 6.01. The molecule has 0 radical (unpaired) electrons. The van der Waals surface area contributed by atoms with Gasteiger partial charge in [0.1, 0.15) is 11.3 Å². The number of rotatable bonds is 3. The van der Waals surface area contributed by atoms with Crippen LogP contribution in [0.4, 0.5) is 5.69 Å². The molecule has 0 aliphatic carbocycles. The fourth-order valence-corrected chi connectivity index (χ4v) is 1.80. The second-order valence-electron chi connectivity index (χ2n) is 3.88. The van der Waals surface area contributed by atoms with E-state index in [9.17, 15) is 4.79 Å². The summed E-state index contributed by atoms with van der Waals surface area (Å²) in [6.45, 7) is 3.67. The quantitative estimate of drug-likeness (QED) is 0.924. The van der Waals surface area contributed by atoms with Crippen molar-refractivity contribution < 1.29 is 9.32 Å². The number of nitrogens with zero attached hydrogens (tertiary/aromatic N) is 1. The van der Waals surface area contributed by atoms with Gasteiger partial charge in [-0.1, -0.05) is 23.7 Å². The average molecular weight is 265 g/mol. The largest absolute Gasteiger partial charge is 0.360 e. The summed E-state index contributed by atoms with van der Waals surface area (Å²) >= 11 is 5.78. The van der Waals surface area contributed by atoms with E-state index in [1.54, 1.807) is 31.2 Å². The first-order valence-electron chi connectivity index (χ1n) is 5.64. The number of amides is 1. The lowest BCUT2D eigenvalue weighted by Crippen LogP contribution is -2.14. The standard InChI is InChI=1S/C13H13ClN2O2/c1-3-11-12(8(2)16-18-11)13(17)15-10-6-4-9(14)5-7-10/h4-7H,3H2,1-2H3,(H,15,17). The van der Waals surface area contributed by atoms with Crippen LogP contribution in [-0.4, -0.2) is 11.1 Å². The van der Waals surface area contributed by atoms with Crippen molar-refractivity contribution in [1.82, 2.24) is 5.16 Å². The molecule has 4 nitrogen and oxygen atoms in total. The van der Waals surface area contributed by atoms with Crippen LogP contribution in [0.1, 0.15) is 28.7 Å². The van der Waals surface area contributed by atoms with Crippen LogP contribution >= 0.6 is 11.6 Å². The van der Waals surface area contributed by atoms with Crippen molar-refractivity contribution in [3.8, 4) is 0 Å². The molecule has 0 bridgehead atoms. The highest BCUT2D eigenvalue weighted by molar-refractivity contribution is 6.30. The van der Waals surface area contributed by atoms with E-state index in [4.69, 9.17) is 16.1 Å². The highest BCUT2D eigenvalue weighted by Crippen LogP contribution is 2.18. The van der Waals surface area contributed by atoms with Crippen molar-refractivity contribution in [3.63, 3.8) is 0 Å². The lowest BCUT2D eigenvalue weighted by molar-refractivity contribution is 0.102. The van der Waals surface area contributed by atoms with Crippen molar-refractivity contribution in [2.45, 2.75) is 20.3 Å². The molecule has 18 heavy (non-hydrogen) atoms. The molecule has 1 N–H and O–H groups in total. The van der Waals surface area contributed by atoms with E-state index in [1.807, 2.05) is 6.92 Å². The lowest BCUT2D eigenvalue weighted by atomic mass is 10.1. The molecule has 1 heterocycles. The first kappa shape index (κ1) is 12.6. The number of carbonyl (C=O) groups is 1. The van der Waals surface area contributed by atoms with E-state index in [0.29, 0.717) is 34.1 Å². The Labute approximate surface area is 110 Å². The molecule has 2 aromatic rings. The van der Waals surface area contributed by atoms with Gasteiger partial charge in [-0.2, -0.15) is 0 Å². The summed E-state index contributed by atoms with van der Waals surface area (Å²) in [7, 11) is 0. The predicted molar refractivity (Wildman–Crippen MR) is 70.0 cm³/mol. The Balaban J connectivity index is 2.21. The third-order valence-corrected chi connectivity index (χ3v) is 2.84. The minimum absolute atomic E-state index is 0.215. The van der Waals surface area contributed by atoms with E-state index < -0.39 is 0 Å². The molecule has 0 aliphatic rings. The van der Waals surface area contributed by atoms with Gasteiger partial charge in [0.2, 0.25) is 0 Å². The molecular weight excluding hydrogens is 252 g/mol. The van der Waals surface area contributed by atoms with Crippen LogP contribution in [0.15, 0.2) is 28.8 Å². The molecule has 1 aromatic carbocycles. The molecule has 0 fully saturated rings. The molecule has 1 aromatic heterocycles. The molecule has 0 aliphatic heterocycles. The fraction of sp³-hybridized carbons (Fsp3) is 0.231. The van der Waals surface area contributed by atoms with Gasteiger partial charge < -0.3 is 9.84 Å². The number of aromatic nitrogens is 1. The molecule has 5 heteroatoms. The molecular formula is C13H13ClN2O2. The van der Waals surface area contributed by atoms with E-state index in [2.05, 4.69) is 10.5 Å². The summed E-state index contributed by atoms with van der Waals surface area (Å²) in [5.41, 5.74) is 1.79. The maximum absolute atomic E-state index is 12.1. The number of hydrogen-bond acceptors (Lipinski definition) is 3. The molecule has 1 amide bonds. The van der Waals surface area contributed by atoms with Crippen molar-refractivity contribution in [1.29, 1.82) is 0 Å². The van der Waals surface area contributed by atoms with Gasteiger partial charge in [-0.3, -0.25) is 4.79 Å². The van der Waals surface area contributed by atoms with E-state index in [0.717, 1.165) is 0 Å². The van der Waals surface area contributed by atoms with Crippen LogP contribution in [0.5, 0.6) is 0 Å². The molecule has 94 valence electrons. The van der Waals surface area contributed by atoms with Gasteiger partial charge in [0, 0.05) is 17.1 Å². The Morgan fingerprint density at radius 1 is 1.39 bits per heavy atom. The van der Waals surface area contributed by atoms with E-state index in [-0.39, 0.29) is 5.91 Å². The van der Waals surface area contributed by atoms with Crippen LogP contribution in [0.3, 0.4) is 0 Å². The predicted octanol–water partition coefficient (Wildman–Crippen LogP) is 3.45. The summed E-state index contributed by atoms with van der Waals surface area (Å²) in [6.07, 6.45) is 0.629. The second-order valence-corrected chi connectivity index (χ2v) is 4.32. The Morgan fingerprint density at radius 2 is 2.06 bits per heavy atom. The average Bonchev–Trinajstić information content (AvgIpc) is 2.73. The summed E-state index contributed by atoms with van der Waals surface area (Å²) in [5.74, 6) is 0.381. The minimum atomic E-state index is -0.215. The first-order chi connectivity index (χ1) is 8.61. The van der Waals surface area contributed by atoms with Crippen molar-refractivity contribution in [2.24, 2.45) is 0 Å². The summed E-state index contributed by atoms with van der Waals surface area (Å²) in [6, 6.07) is 6.93. The summed E-state index contributed by atoms with van der Waals surface area (Å²) in [5, 5.41) is 7.22. The number of anilines is 1. The number of halogens is 1. The summed E-state index contributed by atoms with van der Waals surface area (Å²) < 4.78 is 5.09. The third-order valence-electron chi connectivity index (χ3n) is 2.58. The van der Waals surface area contributed by atoms with Crippen LogP contribution in [0.2, 0.25) is 5.02 Å². The highest BCUT2D eigenvalue weighted by atomic mass is 35.5. The lowest BCUT2D eigenvalue weighted by Gasteiger charge is -2.05. The van der Waals surface area contributed by atoms with E-state index in [1.165, 1.54) is 0 Å². The van der Waals surface area contributed by atoms with E-state index >= 15 is 0 Å². The van der Waals surface area contributed by atoms with Gasteiger partial charge in [0.25, 0.3) is 5.91 Å². The van der Waals surface area contributed by atoms with Gasteiger partial charge in [-0.25, -0.2) is 0 Å². The van der Waals surface area contributed by atoms with Crippen LogP contribution < -0.4 is 5.32 Å². The molecule has 0 saturated carbocycles. The molecule has 0 unspecified atom stereocenters. The number of aryl methyl sites for hydroxylation is 2. The highest BCUT2D eigenvalue weighted by Gasteiger charge is 2.19. The smallest absolute Gasteiger partial charge is 0.261 e. The SMILES string of the molecule is CCc1onc(C)c1C(=O)Nc1ccc(Cl)cc1. The van der Waals surface area contributed by atoms with Crippen molar-refractivity contribution in [2.75, 3.05) is 5.32 Å². The zero-order chi connectivity index (χ0) is 13.1. The zero-order valence-electron chi connectivity index (χ0n) is 10.2. The number of nitrogens with one attached hydrogen (secondary N) is 1. The molecule has 2 rings (SSSR count). The number of hydrogen-bond donors (Lipinski definition) is 1. The third kappa shape index (κ3) is 2.54. The maximum atomic E-state index is 12.1. The van der Waals surface area contributed by atoms with Crippen molar-refractivity contribution in [3.05, 3.63) is 46.3 Å². The van der Waals surface area contributed by atoms with Gasteiger partial charge >= 0.3 is 0 Å². The van der Waals surface area contributed by atoms with Gasteiger partial charge in [-0.05, 0) is 31.2 Å². The van der Waals surface area contributed by atoms with Crippen LogP contribution in [0, 0.1) is 6.92 Å². The topological polar surface area (TPSA) is 55.1 Å². The minimum Gasteiger partial charge on any atom is -0.360 e. The van der Waals surface area contributed by atoms with Gasteiger partial charge in [-0.15, -0.1) is 0 Å². The zero-order valence-corrected chi connectivity index (χ0v) is 10.9. The molecule has 0 spiro atoms. The summed E-state index contributed by atoms with van der Waals surface area (Å²) in [4.78, 5) is 12.1. The molecule has 0 saturated heterocycles. The normalized spacial score (nSPS) is 10.4. The number of benzene rings is 1. The van der Waals surface area contributed by atoms with Crippen molar-refractivity contribution >= 4 is 23.2 Å². The van der Waals surface area contributed by atoms with Gasteiger partial charge in [0.15, 0.2) is 0 Å². The van der Waals surface area contributed by atoms with Crippen LogP contribution in [-0.2, 0) is 6.42 Å². The number of carbonyl (C=O) groups excluding carboxylic acids is 1. The Hall–Kier alpha value is -1.81. The molecule has 0 atom stereocenters. The van der Waals surface area contributed by atoms with Crippen LogP contribution in [0.25, 0.3) is 0 Å². The van der Waals surface area contributed by atoms with Gasteiger partial charge in [0.05, 0.1) is 5.69 Å².